The third-order valence-corrected chi connectivity index (χ3v) is 8.19. The summed E-state index contributed by atoms with van der Waals surface area (Å²) in [6.07, 6.45) is 1.45. The summed E-state index contributed by atoms with van der Waals surface area (Å²) in [5.74, 6) is -1.19. The molecule has 2 amide bonds. The summed E-state index contributed by atoms with van der Waals surface area (Å²) in [5.41, 5.74) is 0.476. The zero-order chi connectivity index (χ0) is 26.7. The molecule has 0 aliphatic carbocycles. The Morgan fingerprint density at radius 2 is 1.84 bits per heavy atom. The van der Waals surface area contributed by atoms with E-state index in [1.54, 1.807) is 25.1 Å². The maximum atomic E-state index is 14.2. The second kappa shape index (κ2) is 11.3. The number of benzene rings is 3. The molecule has 0 bridgehead atoms. The number of ether oxygens (including phenoxy) is 1. The molecule has 1 aliphatic heterocycles. The molecule has 192 valence electrons. The first kappa shape index (κ1) is 27.2. The number of hydrogen-bond donors (Lipinski definition) is 0. The Morgan fingerprint density at radius 1 is 1.11 bits per heavy atom. The van der Waals surface area contributed by atoms with Crippen LogP contribution in [0, 0.1) is 5.82 Å². The monoisotopic (exact) mass is 625 g/mol. The summed E-state index contributed by atoms with van der Waals surface area (Å²) in [6, 6.07) is 14.8. The number of nitrogens with zero attached hydrogens (tertiary/aromatic N) is 1. The number of carbonyl (C=O) groups excluding carboxylic acids is 2. The standard InChI is InChI=1S/C25H18BrClFNO6S2/c1-2-34-21-12-15(11-18(26)23(21)35-37(32,33)16-7-4-3-5-8-16)13-22-24(30)29(25(31)36-22)14-17-19(27)9-6-10-20(17)28/h3-13H,2,14H2,1H3/b22-13-. The van der Waals surface area contributed by atoms with Crippen molar-refractivity contribution in [2.24, 2.45) is 0 Å². The normalized spacial score (nSPS) is 14.9. The minimum Gasteiger partial charge on any atom is -0.490 e. The average Bonchev–Trinajstić information content (AvgIpc) is 3.11. The Bertz CT molecular complexity index is 1490. The second-order valence-electron chi connectivity index (χ2n) is 7.58. The molecule has 1 saturated heterocycles. The van der Waals surface area contributed by atoms with E-state index in [2.05, 4.69) is 15.9 Å². The molecular weight excluding hydrogens is 609 g/mol. The molecule has 1 heterocycles. The predicted octanol–water partition coefficient (Wildman–Crippen LogP) is 6.64. The molecule has 0 N–H and O–H groups in total. The summed E-state index contributed by atoms with van der Waals surface area (Å²) >= 11 is 10.1. The number of carbonyl (C=O) groups is 2. The van der Waals surface area contributed by atoms with Gasteiger partial charge in [0, 0.05) is 10.6 Å². The summed E-state index contributed by atoms with van der Waals surface area (Å²) in [5, 5.41) is -0.470. The van der Waals surface area contributed by atoms with Gasteiger partial charge in [-0.1, -0.05) is 35.9 Å². The van der Waals surface area contributed by atoms with Gasteiger partial charge < -0.3 is 8.92 Å². The van der Waals surface area contributed by atoms with Gasteiger partial charge in [-0.25, -0.2) is 4.39 Å². The molecule has 1 fully saturated rings. The quantitative estimate of drug-likeness (QED) is 0.204. The lowest BCUT2D eigenvalue weighted by Gasteiger charge is -2.15. The van der Waals surface area contributed by atoms with Gasteiger partial charge in [-0.2, -0.15) is 8.42 Å². The molecule has 12 heteroatoms. The molecule has 4 rings (SSSR count). The van der Waals surface area contributed by atoms with E-state index >= 15 is 0 Å². The summed E-state index contributed by atoms with van der Waals surface area (Å²) in [4.78, 5) is 26.5. The fourth-order valence-corrected chi connectivity index (χ4v) is 6.08. The van der Waals surface area contributed by atoms with Crippen molar-refractivity contribution in [3.8, 4) is 11.5 Å². The lowest BCUT2D eigenvalue weighted by molar-refractivity contribution is -0.123. The zero-order valence-corrected chi connectivity index (χ0v) is 23.1. The smallest absolute Gasteiger partial charge is 0.339 e. The van der Waals surface area contributed by atoms with Crippen molar-refractivity contribution in [3.05, 3.63) is 92.0 Å². The molecule has 0 aromatic heterocycles. The highest BCUT2D eigenvalue weighted by Gasteiger charge is 2.36. The molecule has 3 aromatic rings. The van der Waals surface area contributed by atoms with Crippen LogP contribution in [0.3, 0.4) is 0 Å². The van der Waals surface area contributed by atoms with Crippen LogP contribution in [0.2, 0.25) is 5.02 Å². The van der Waals surface area contributed by atoms with Crippen LogP contribution in [0.4, 0.5) is 9.18 Å². The number of halogens is 3. The van der Waals surface area contributed by atoms with Crippen LogP contribution in [-0.4, -0.2) is 31.1 Å². The highest BCUT2D eigenvalue weighted by atomic mass is 79.9. The summed E-state index contributed by atoms with van der Waals surface area (Å²) < 4.78 is 50.9. The van der Waals surface area contributed by atoms with Crippen LogP contribution < -0.4 is 8.92 Å². The second-order valence-corrected chi connectivity index (χ2v) is 11.4. The van der Waals surface area contributed by atoms with E-state index < -0.39 is 27.1 Å². The zero-order valence-electron chi connectivity index (χ0n) is 19.1. The van der Waals surface area contributed by atoms with E-state index in [4.69, 9.17) is 20.5 Å². The molecule has 0 atom stereocenters. The highest BCUT2D eigenvalue weighted by Crippen LogP contribution is 2.41. The van der Waals surface area contributed by atoms with Gasteiger partial charge in [0.2, 0.25) is 0 Å². The third kappa shape index (κ3) is 6.01. The maximum absolute atomic E-state index is 14.2. The SMILES string of the molecule is CCOc1cc(/C=C2\SC(=O)N(Cc3c(F)cccc3Cl)C2=O)cc(Br)c1OS(=O)(=O)c1ccccc1. The molecule has 7 nitrogen and oxygen atoms in total. The van der Waals surface area contributed by atoms with Gasteiger partial charge in [0.15, 0.2) is 11.5 Å². The minimum atomic E-state index is -4.15. The van der Waals surface area contributed by atoms with Crippen LogP contribution in [-0.2, 0) is 21.5 Å². The first-order chi connectivity index (χ1) is 17.6. The third-order valence-electron chi connectivity index (χ3n) is 5.11. The summed E-state index contributed by atoms with van der Waals surface area (Å²) in [6.45, 7) is 1.61. The molecular formula is C25H18BrClFNO6S2. The molecule has 0 unspecified atom stereocenters. The Morgan fingerprint density at radius 3 is 2.51 bits per heavy atom. The number of thioether (sulfide) groups is 1. The first-order valence-electron chi connectivity index (χ1n) is 10.7. The minimum absolute atomic E-state index is 0.0305. The lowest BCUT2D eigenvalue weighted by atomic mass is 10.1. The molecule has 0 saturated carbocycles. The van der Waals surface area contributed by atoms with Crippen molar-refractivity contribution in [2.45, 2.75) is 18.4 Å². The van der Waals surface area contributed by atoms with E-state index in [1.165, 1.54) is 48.5 Å². The Labute approximate surface area is 230 Å². The largest absolute Gasteiger partial charge is 0.490 e. The van der Waals surface area contributed by atoms with Crippen molar-refractivity contribution in [3.63, 3.8) is 0 Å². The lowest BCUT2D eigenvalue weighted by Crippen LogP contribution is -2.28. The Balaban J connectivity index is 1.64. The van der Waals surface area contributed by atoms with Crippen molar-refractivity contribution < 1.29 is 31.3 Å². The van der Waals surface area contributed by atoms with Crippen molar-refractivity contribution >= 4 is 66.6 Å². The fourth-order valence-electron chi connectivity index (χ4n) is 3.39. The van der Waals surface area contributed by atoms with Crippen molar-refractivity contribution in [2.75, 3.05) is 6.61 Å². The van der Waals surface area contributed by atoms with E-state index in [9.17, 15) is 22.4 Å². The predicted molar refractivity (Wildman–Crippen MR) is 142 cm³/mol. The average molecular weight is 627 g/mol. The summed E-state index contributed by atoms with van der Waals surface area (Å²) in [7, 11) is -4.15. The Hall–Kier alpha value is -2.86. The number of amides is 2. The van der Waals surface area contributed by atoms with Gasteiger partial charge in [0.05, 0.1) is 22.5 Å². The van der Waals surface area contributed by atoms with E-state index in [0.717, 1.165) is 4.90 Å². The van der Waals surface area contributed by atoms with E-state index in [-0.39, 0.29) is 49.5 Å². The van der Waals surface area contributed by atoms with Crippen LogP contribution >= 0.6 is 39.3 Å². The van der Waals surface area contributed by atoms with Crippen LogP contribution in [0.5, 0.6) is 11.5 Å². The number of imide groups is 1. The van der Waals surface area contributed by atoms with Gasteiger partial charge in [0.1, 0.15) is 10.7 Å². The van der Waals surface area contributed by atoms with Crippen LogP contribution in [0.25, 0.3) is 6.08 Å². The number of rotatable bonds is 8. The molecule has 1 aliphatic rings. The molecule has 37 heavy (non-hydrogen) atoms. The van der Waals surface area contributed by atoms with Crippen LogP contribution in [0.15, 0.2) is 74.9 Å². The van der Waals surface area contributed by atoms with Gasteiger partial charge in [-0.15, -0.1) is 0 Å². The topological polar surface area (TPSA) is 90.0 Å². The van der Waals surface area contributed by atoms with E-state index in [1.807, 2.05) is 0 Å². The van der Waals surface area contributed by atoms with Gasteiger partial charge >= 0.3 is 10.1 Å². The van der Waals surface area contributed by atoms with Gasteiger partial charge in [-0.3, -0.25) is 14.5 Å². The van der Waals surface area contributed by atoms with Crippen molar-refractivity contribution in [1.29, 1.82) is 0 Å². The highest BCUT2D eigenvalue weighted by molar-refractivity contribution is 9.10. The van der Waals surface area contributed by atoms with Crippen LogP contribution in [0.1, 0.15) is 18.1 Å². The fraction of sp³-hybridized carbons (Fsp3) is 0.120. The molecule has 0 spiro atoms. The first-order valence-corrected chi connectivity index (χ1v) is 14.1. The maximum Gasteiger partial charge on any atom is 0.339 e. The molecule has 3 aromatic carbocycles. The van der Waals surface area contributed by atoms with Gasteiger partial charge in [0.25, 0.3) is 11.1 Å². The van der Waals surface area contributed by atoms with Gasteiger partial charge in [-0.05, 0) is 82.7 Å². The Kier molecular flexibility index (Phi) is 8.27. The molecule has 0 radical (unpaired) electrons. The van der Waals surface area contributed by atoms with E-state index in [0.29, 0.717) is 17.3 Å². The number of hydrogen-bond acceptors (Lipinski definition) is 7. The van der Waals surface area contributed by atoms with Crippen molar-refractivity contribution in [1.82, 2.24) is 4.90 Å².